The molecule has 1 saturated carbocycles. The molecule has 1 aromatic carbocycles. The molecule has 2 aromatic rings. The topological polar surface area (TPSA) is 31.6 Å². The van der Waals surface area contributed by atoms with Gasteiger partial charge in [0, 0.05) is 22.9 Å². The Balaban J connectivity index is 2.01. The fourth-order valence-corrected chi connectivity index (χ4v) is 6.06. The smallest absolute Gasteiger partial charge is 0.164 e. The number of ether oxygens (including phenoxy) is 2. The van der Waals surface area contributed by atoms with Crippen LogP contribution < -0.4 is 9.47 Å². The van der Waals surface area contributed by atoms with Crippen molar-refractivity contribution in [2.24, 2.45) is 11.3 Å². The molecule has 142 valence electrons. The minimum Gasteiger partial charge on any atom is -0.493 e. The van der Waals surface area contributed by atoms with Gasteiger partial charge in [-0.15, -0.1) is 0 Å². The van der Waals surface area contributed by atoms with Gasteiger partial charge in [0.15, 0.2) is 11.5 Å². The fourth-order valence-electron chi connectivity index (χ4n) is 6.06. The van der Waals surface area contributed by atoms with Crippen molar-refractivity contribution in [1.82, 2.24) is 0 Å². The Kier molecular flexibility index (Phi) is 4.05. The van der Waals surface area contributed by atoms with E-state index in [0.717, 1.165) is 17.1 Å². The van der Waals surface area contributed by atoms with Gasteiger partial charge in [-0.25, -0.2) is 0 Å². The number of benzene rings is 1. The number of methoxy groups -OCH3 is 2. The third-order valence-corrected chi connectivity index (χ3v) is 7.36. The van der Waals surface area contributed by atoms with Crippen molar-refractivity contribution in [1.29, 1.82) is 0 Å². The lowest BCUT2D eigenvalue weighted by Crippen LogP contribution is -2.44. The number of hydrogen-bond acceptors (Lipinski definition) is 3. The van der Waals surface area contributed by atoms with Crippen molar-refractivity contribution in [3.8, 4) is 11.5 Å². The zero-order valence-corrected chi connectivity index (χ0v) is 17.1. The largest absolute Gasteiger partial charge is 0.493 e. The predicted octanol–water partition coefficient (Wildman–Crippen LogP) is 6.43. The fraction of sp³-hybridized carbons (Fsp3) is 0.652. The van der Waals surface area contributed by atoms with E-state index in [4.69, 9.17) is 13.9 Å². The van der Waals surface area contributed by atoms with E-state index in [1.165, 1.54) is 48.8 Å². The first-order valence-corrected chi connectivity index (χ1v) is 10.0. The Labute approximate surface area is 157 Å². The molecule has 0 unspecified atom stereocenters. The van der Waals surface area contributed by atoms with E-state index in [1.807, 2.05) is 6.07 Å². The van der Waals surface area contributed by atoms with E-state index in [0.29, 0.717) is 17.3 Å². The van der Waals surface area contributed by atoms with Crippen LogP contribution in [0.25, 0.3) is 11.0 Å². The molecule has 26 heavy (non-hydrogen) atoms. The van der Waals surface area contributed by atoms with Crippen LogP contribution in [-0.2, 0) is 5.41 Å². The molecule has 0 amide bonds. The second-order valence-electron chi connectivity index (χ2n) is 9.34. The highest BCUT2D eigenvalue weighted by Crippen LogP contribution is 2.59. The molecule has 4 rings (SSSR count). The maximum Gasteiger partial charge on any atom is 0.164 e. The molecule has 0 spiro atoms. The summed E-state index contributed by atoms with van der Waals surface area (Å²) in [6, 6.07) is 4.14. The predicted molar refractivity (Wildman–Crippen MR) is 105 cm³/mol. The van der Waals surface area contributed by atoms with Gasteiger partial charge in [-0.1, -0.05) is 34.1 Å². The first-order valence-electron chi connectivity index (χ1n) is 10.0. The molecule has 3 atom stereocenters. The van der Waals surface area contributed by atoms with E-state index in [1.54, 1.807) is 14.2 Å². The SMILES string of the molecule is COc1cc2oc3c(c2cc1OC)[C@]1(C)CCCC(C)(C)[C@H]1CC[C@@H]3C. The van der Waals surface area contributed by atoms with Gasteiger partial charge in [-0.3, -0.25) is 0 Å². The van der Waals surface area contributed by atoms with Gasteiger partial charge in [0.1, 0.15) is 11.3 Å². The number of fused-ring (bicyclic) bond motifs is 5. The van der Waals surface area contributed by atoms with Crippen molar-refractivity contribution in [2.45, 2.75) is 71.1 Å². The van der Waals surface area contributed by atoms with Crippen LogP contribution in [-0.4, -0.2) is 14.2 Å². The van der Waals surface area contributed by atoms with E-state index >= 15 is 0 Å². The van der Waals surface area contributed by atoms with Gasteiger partial charge in [0.2, 0.25) is 0 Å². The van der Waals surface area contributed by atoms with Gasteiger partial charge >= 0.3 is 0 Å². The highest BCUT2D eigenvalue weighted by atomic mass is 16.5. The Morgan fingerprint density at radius 1 is 1.00 bits per heavy atom. The van der Waals surface area contributed by atoms with E-state index < -0.39 is 0 Å². The molecule has 1 fully saturated rings. The van der Waals surface area contributed by atoms with Gasteiger partial charge in [-0.2, -0.15) is 0 Å². The normalized spacial score (nSPS) is 30.4. The molecule has 0 saturated heterocycles. The van der Waals surface area contributed by atoms with Crippen LogP contribution in [0, 0.1) is 11.3 Å². The maximum atomic E-state index is 6.47. The highest BCUT2D eigenvalue weighted by molar-refractivity contribution is 5.87. The van der Waals surface area contributed by atoms with Crippen molar-refractivity contribution in [3.63, 3.8) is 0 Å². The van der Waals surface area contributed by atoms with Crippen LogP contribution in [0.1, 0.15) is 77.0 Å². The minimum absolute atomic E-state index is 0.159. The summed E-state index contributed by atoms with van der Waals surface area (Å²) in [5, 5.41) is 1.22. The van der Waals surface area contributed by atoms with Crippen molar-refractivity contribution >= 4 is 11.0 Å². The van der Waals surface area contributed by atoms with Gasteiger partial charge in [-0.05, 0) is 48.5 Å². The summed E-state index contributed by atoms with van der Waals surface area (Å²) in [7, 11) is 3.39. The van der Waals surface area contributed by atoms with E-state index in [-0.39, 0.29) is 5.41 Å². The average Bonchev–Trinajstić information content (AvgIpc) is 2.93. The molecule has 0 bridgehead atoms. The summed E-state index contributed by atoms with van der Waals surface area (Å²) in [5.41, 5.74) is 2.90. The molecule has 3 heteroatoms. The lowest BCUT2D eigenvalue weighted by atomic mass is 9.53. The summed E-state index contributed by atoms with van der Waals surface area (Å²) in [5.74, 6) is 3.85. The Morgan fingerprint density at radius 2 is 1.69 bits per heavy atom. The zero-order chi connectivity index (χ0) is 18.7. The number of furan rings is 1. The quantitative estimate of drug-likeness (QED) is 0.621. The summed E-state index contributed by atoms with van der Waals surface area (Å²) in [6.07, 6.45) is 6.33. The van der Waals surface area contributed by atoms with Crippen LogP contribution >= 0.6 is 0 Å². The van der Waals surface area contributed by atoms with Gasteiger partial charge in [0.25, 0.3) is 0 Å². The molecule has 2 aliphatic carbocycles. The second kappa shape index (κ2) is 5.94. The summed E-state index contributed by atoms with van der Waals surface area (Å²) in [4.78, 5) is 0. The summed E-state index contributed by atoms with van der Waals surface area (Å²) < 4.78 is 17.6. The second-order valence-corrected chi connectivity index (χ2v) is 9.34. The summed E-state index contributed by atoms with van der Waals surface area (Å²) >= 11 is 0. The molecule has 0 radical (unpaired) electrons. The Bertz CT molecular complexity index is 832. The van der Waals surface area contributed by atoms with Crippen LogP contribution in [0.15, 0.2) is 16.5 Å². The van der Waals surface area contributed by atoms with E-state index in [9.17, 15) is 0 Å². The van der Waals surface area contributed by atoms with Crippen LogP contribution in [0.2, 0.25) is 0 Å². The van der Waals surface area contributed by atoms with Crippen LogP contribution in [0.3, 0.4) is 0 Å². The molecule has 0 aliphatic heterocycles. The molecule has 3 nitrogen and oxygen atoms in total. The van der Waals surface area contributed by atoms with Crippen molar-refractivity contribution in [3.05, 3.63) is 23.5 Å². The Morgan fingerprint density at radius 3 is 2.38 bits per heavy atom. The van der Waals surface area contributed by atoms with Gasteiger partial charge in [0.05, 0.1) is 14.2 Å². The minimum atomic E-state index is 0.159. The first kappa shape index (κ1) is 17.8. The molecule has 2 aliphatic rings. The standard InChI is InChI=1S/C23H32O3/c1-14-8-9-19-22(2,3)10-7-11-23(19,4)20-15-12-17(24-5)18(25-6)13-16(15)26-21(14)20/h12-14,19H,7-11H2,1-6H3/t14-,19+,23+/m0/s1. The molecule has 1 aromatic heterocycles. The zero-order valence-electron chi connectivity index (χ0n) is 17.1. The van der Waals surface area contributed by atoms with Gasteiger partial charge < -0.3 is 13.9 Å². The molecule has 0 N–H and O–H groups in total. The maximum absolute atomic E-state index is 6.47. The lowest BCUT2D eigenvalue weighted by Gasteiger charge is -2.50. The lowest BCUT2D eigenvalue weighted by molar-refractivity contribution is 0.0504. The first-order chi connectivity index (χ1) is 12.3. The molecular weight excluding hydrogens is 324 g/mol. The average molecular weight is 357 g/mol. The van der Waals surface area contributed by atoms with E-state index in [2.05, 4.69) is 33.8 Å². The number of rotatable bonds is 2. The third-order valence-electron chi connectivity index (χ3n) is 7.36. The van der Waals surface area contributed by atoms with Crippen LogP contribution in [0.5, 0.6) is 11.5 Å². The highest BCUT2D eigenvalue weighted by Gasteiger charge is 2.51. The molecule has 1 heterocycles. The number of hydrogen-bond donors (Lipinski definition) is 0. The molecular formula is C23H32O3. The summed E-state index contributed by atoms with van der Waals surface area (Å²) in [6.45, 7) is 9.75. The monoisotopic (exact) mass is 356 g/mol. The van der Waals surface area contributed by atoms with Crippen molar-refractivity contribution < 1.29 is 13.9 Å². The van der Waals surface area contributed by atoms with Crippen molar-refractivity contribution in [2.75, 3.05) is 14.2 Å². The Hall–Kier alpha value is -1.64. The third kappa shape index (κ3) is 2.39. The van der Waals surface area contributed by atoms with Crippen LogP contribution in [0.4, 0.5) is 0 Å².